The highest BCUT2D eigenvalue weighted by atomic mass is 19.3. The van der Waals surface area contributed by atoms with E-state index in [9.17, 15) is 18.4 Å². The Labute approximate surface area is 130 Å². The van der Waals surface area contributed by atoms with Gasteiger partial charge < -0.3 is 19.8 Å². The predicted molar refractivity (Wildman–Crippen MR) is 77.3 cm³/mol. The Morgan fingerprint density at radius 2 is 1.91 bits per heavy atom. The van der Waals surface area contributed by atoms with Gasteiger partial charge in [0.1, 0.15) is 11.8 Å². The Morgan fingerprint density at radius 3 is 2.57 bits per heavy atom. The third-order valence-corrected chi connectivity index (χ3v) is 2.85. The monoisotopic (exact) mass is 324 g/mol. The molecular weight excluding hydrogens is 310 g/mol. The molecule has 23 heavy (non-hydrogen) atoms. The summed E-state index contributed by atoms with van der Waals surface area (Å²) in [6.45, 7) is -1.56. The Balaban J connectivity index is 2.00. The van der Waals surface area contributed by atoms with Gasteiger partial charge in [-0.1, -0.05) is 12.1 Å². The lowest BCUT2D eigenvalue weighted by Crippen LogP contribution is -2.41. The number of alkyl halides is 2. The molecule has 0 fully saturated rings. The SMILES string of the molecule is CC(NC(=O)c1ccco1)C(=O)Nc1ccccc1OC(F)F. The van der Waals surface area contributed by atoms with Crippen LogP contribution in [0.2, 0.25) is 0 Å². The summed E-state index contributed by atoms with van der Waals surface area (Å²) in [6, 6.07) is 7.84. The number of carbonyl (C=O) groups excluding carboxylic acids is 2. The number of benzene rings is 1. The van der Waals surface area contributed by atoms with Crippen LogP contribution in [0.25, 0.3) is 0 Å². The van der Waals surface area contributed by atoms with Gasteiger partial charge >= 0.3 is 6.61 Å². The number of amides is 2. The molecule has 2 rings (SSSR count). The minimum absolute atomic E-state index is 0.0612. The number of para-hydroxylation sites is 2. The summed E-state index contributed by atoms with van der Waals surface area (Å²) < 4.78 is 33.9. The quantitative estimate of drug-likeness (QED) is 0.856. The molecule has 122 valence electrons. The number of anilines is 1. The average Bonchev–Trinajstić information content (AvgIpc) is 3.03. The molecule has 0 radical (unpaired) electrons. The van der Waals surface area contributed by atoms with Crippen LogP contribution in [-0.4, -0.2) is 24.5 Å². The summed E-state index contributed by atoms with van der Waals surface area (Å²) in [4.78, 5) is 23.8. The number of hydrogen-bond donors (Lipinski definition) is 2. The van der Waals surface area contributed by atoms with Gasteiger partial charge in [-0.3, -0.25) is 9.59 Å². The van der Waals surface area contributed by atoms with E-state index < -0.39 is 24.5 Å². The first-order valence-electron chi connectivity index (χ1n) is 6.66. The molecule has 2 N–H and O–H groups in total. The first kappa shape index (κ1) is 16.5. The largest absolute Gasteiger partial charge is 0.459 e. The molecule has 0 spiro atoms. The smallest absolute Gasteiger partial charge is 0.387 e. The van der Waals surface area contributed by atoms with Crippen molar-refractivity contribution in [3.8, 4) is 5.75 Å². The minimum atomic E-state index is -3.01. The van der Waals surface area contributed by atoms with Crippen molar-refractivity contribution < 1.29 is 27.5 Å². The highest BCUT2D eigenvalue weighted by molar-refractivity contribution is 6.00. The predicted octanol–water partition coefficient (Wildman–Crippen LogP) is 2.64. The maximum Gasteiger partial charge on any atom is 0.387 e. The van der Waals surface area contributed by atoms with Gasteiger partial charge in [-0.2, -0.15) is 8.78 Å². The molecule has 0 saturated carbocycles. The van der Waals surface area contributed by atoms with E-state index in [0.29, 0.717) is 0 Å². The zero-order chi connectivity index (χ0) is 16.8. The molecule has 1 aromatic heterocycles. The van der Waals surface area contributed by atoms with E-state index in [4.69, 9.17) is 4.42 Å². The van der Waals surface area contributed by atoms with Crippen LogP contribution in [0.1, 0.15) is 17.5 Å². The van der Waals surface area contributed by atoms with Gasteiger partial charge in [0.05, 0.1) is 12.0 Å². The molecule has 0 saturated heterocycles. The lowest BCUT2D eigenvalue weighted by molar-refractivity contribution is -0.117. The van der Waals surface area contributed by atoms with Crippen LogP contribution >= 0.6 is 0 Å². The molecular formula is C15H14F2N2O4. The van der Waals surface area contributed by atoms with Gasteiger partial charge in [0.25, 0.3) is 5.91 Å². The second kappa shape index (κ2) is 7.39. The first-order valence-corrected chi connectivity index (χ1v) is 6.66. The number of halogens is 2. The molecule has 1 heterocycles. The van der Waals surface area contributed by atoms with Gasteiger partial charge in [-0.25, -0.2) is 0 Å². The van der Waals surface area contributed by atoms with Crippen molar-refractivity contribution >= 4 is 17.5 Å². The average molecular weight is 324 g/mol. The third-order valence-electron chi connectivity index (χ3n) is 2.85. The van der Waals surface area contributed by atoms with Crippen molar-refractivity contribution in [1.29, 1.82) is 0 Å². The van der Waals surface area contributed by atoms with E-state index in [1.807, 2.05) is 0 Å². The fourth-order valence-electron chi connectivity index (χ4n) is 1.75. The summed E-state index contributed by atoms with van der Waals surface area (Å²) >= 11 is 0. The zero-order valence-corrected chi connectivity index (χ0v) is 12.1. The van der Waals surface area contributed by atoms with Crippen LogP contribution in [0.4, 0.5) is 14.5 Å². The van der Waals surface area contributed by atoms with Gasteiger partial charge in [0, 0.05) is 0 Å². The fraction of sp³-hybridized carbons (Fsp3) is 0.200. The standard InChI is InChI=1S/C15H14F2N2O4/c1-9(18-14(21)12-7-4-8-22-12)13(20)19-10-5-2-3-6-11(10)23-15(16)17/h2-9,15H,1H3,(H,18,21)(H,19,20). The summed E-state index contributed by atoms with van der Waals surface area (Å²) in [5, 5.41) is 4.85. The van der Waals surface area contributed by atoms with E-state index in [2.05, 4.69) is 15.4 Å². The van der Waals surface area contributed by atoms with Crippen molar-refractivity contribution in [2.24, 2.45) is 0 Å². The van der Waals surface area contributed by atoms with Crippen molar-refractivity contribution in [3.05, 3.63) is 48.4 Å². The Morgan fingerprint density at radius 1 is 1.17 bits per heavy atom. The van der Waals surface area contributed by atoms with E-state index in [0.717, 1.165) is 0 Å². The number of hydrogen-bond acceptors (Lipinski definition) is 4. The number of furan rings is 1. The third kappa shape index (κ3) is 4.53. The van der Waals surface area contributed by atoms with Crippen molar-refractivity contribution in [2.75, 3.05) is 5.32 Å². The first-order chi connectivity index (χ1) is 11.0. The lowest BCUT2D eigenvalue weighted by atomic mass is 10.2. The summed E-state index contributed by atoms with van der Waals surface area (Å²) in [7, 11) is 0. The Hall–Kier alpha value is -2.90. The molecule has 8 heteroatoms. The maximum atomic E-state index is 12.3. The summed E-state index contributed by atoms with van der Waals surface area (Å²) in [5.74, 6) is -1.25. The number of nitrogens with one attached hydrogen (secondary N) is 2. The Kier molecular flexibility index (Phi) is 5.29. The second-order valence-electron chi connectivity index (χ2n) is 4.54. The van der Waals surface area contributed by atoms with E-state index in [-0.39, 0.29) is 17.2 Å². The van der Waals surface area contributed by atoms with Crippen LogP contribution in [0.5, 0.6) is 5.75 Å². The van der Waals surface area contributed by atoms with Gasteiger partial charge in [-0.05, 0) is 31.2 Å². The molecule has 0 bridgehead atoms. The fourth-order valence-corrected chi connectivity index (χ4v) is 1.75. The van der Waals surface area contributed by atoms with Gasteiger partial charge in [0.15, 0.2) is 5.76 Å². The Bertz CT molecular complexity index is 674. The normalized spacial score (nSPS) is 11.8. The molecule has 1 aromatic carbocycles. The molecule has 2 amide bonds. The number of carbonyl (C=O) groups is 2. The van der Waals surface area contributed by atoms with Crippen molar-refractivity contribution in [2.45, 2.75) is 19.6 Å². The van der Waals surface area contributed by atoms with Crippen LogP contribution in [-0.2, 0) is 4.79 Å². The highest BCUT2D eigenvalue weighted by Crippen LogP contribution is 2.25. The summed E-state index contributed by atoms with van der Waals surface area (Å²) in [5.41, 5.74) is 0.0805. The molecule has 0 aliphatic heterocycles. The van der Waals surface area contributed by atoms with Crippen molar-refractivity contribution in [3.63, 3.8) is 0 Å². The minimum Gasteiger partial charge on any atom is -0.459 e. The van der Waals surface area contributed by atoms with Crippen LogP contribution in [0, 0.1) is 0 Å². The molecule has 0 aliphatic rings. The van der Waals surface area contributed by atoms with E-state index >= 15 is 0 Å². The van der Waals surface area contributed by atoms with E-state index in [1.54, 1.807) is 6.07 Å². The molecule has 1 unspecified atom stereocenters. The molecule has 0 aliphatic carbocycles. The van der Waals surface area contributed by atoms with Crippen molar-refractivity contribution in [1.82, 2.24) is 5.32 Å². The molecule has 1 atom stereocenters. The maximum absolute atomic E-state index is 12.3. The topological polar surface area (TPSA) is 80.6 Å². The van der Waals surface area contributed by atoms with Gasteiger partial charge in [-0.15, -0.1) is 0 Å². The van der Waals surface area contributed by atoms with E-state index in [1.165, 1.54) is 43.5 Å². The second-order valence-corrected chi connectivity index (χ2v) is 4.54. The highest BCUT2D eigenvalue weighted by Gasteiger charge is 2.19. The number of rotatable bonds is 6. The lowest BCUT2D eigenvalue weighted by Gasteiger charge is -2.15. The van der Waals surface area contributed by atoms with Crippen LogP contribution in [0.15, 0.2) is 47.1 Å². The van der Waals surface area contributed by atoms with Crippen LogP contribution < -0.4 is 15.4 Å². The number of ether oxygens (including phenoxy) is 1. The van der Waals surface area contributed by atoms with Gasteiger partial charge in [0.2, 0.25) is 5.91 Å². The zero-order valence-electron chi connectivity index (χ0n) is 12.1. The van der Waals surface area contributed by atoms with Crippen LogP contribution in [0.3, 0.4) is 0 Å². The summed E-state index contributed by atoms with van der Waals surface area (Å²) in [6.07, 6.45) is 1.33. The molecule has 2 aromatic rings. The molecule has 6 nitrogen and oxygen atoms in total.